The van der Waals surface area contributed by atoms with Gasteiger partial charge in [0.05, 0.1) is 11.2 Å². The van der Waals surface area contributed by atoms with Crippen LogP contribution in [0.2, 0.25) is 0 Å². The highest BCUT2D eigenvalue weighted by Gasteiger charge is 2.08. The molecular formula is C17H17N3O. The lowest BCUT2D eigenvalue weighted by Gasteiger charge is -2.07. The number of fused-ring (bicyclic) bond motifs is 1. The smallest absolute Gasteiger partial charge is 0.254 e. The van der Waals surface area contributed by atoms with Crippen LogP contribution in [0.1, 0.15) is 23.9 Å². The van der Waals surface area contributed by atoms with Gasteiger partial charge in [-0.05, 0) is 44.5 Å². The SMILES string of the molecule is CCc1nc(-c2ccc3nc(C)ccc3c2)[nH]c(=O)c1C. The molecule has 3 aromatic rings. The molecule has 1 aromatic carbocycles. The first kappa shape index (κ1) is 13.5. The maximum absolute atomic E-state index is 12.0. The average Bonchev–Trinajstić information content (AvgIpc) is 2.49. The van der Waals surface area contributed by atoms with Crippen LogP contribution in [0, 0.1) is 13.8 Å². The molecule has 0 bridgehead atoms. The summed E-state index contributed by atoms with van der Waals surface area (Å²) in [7, 11) is 0. The van der Waals surface area contributed by atoms with Gasteiger partial charge in [0.2, 0.25) is 0 Å². The summed E-state index contributed by atoms with van der Waals surface area (Å²) < 4.78 is 0. The number of aromatic nitrogens is 3. The van der Waals surface area contributed by atoms with E-state index in [1.54, 1.807) is 0 Å². The first-order chi connectivity index (χ1) is 10.1. The molecule has 106 valence electrons. The first-order valence-corrected chi connectivity index (χ1v) is 7.06. The van der Waals surface area contributed by atoms with Crippen molar-refractivity contribution in [2.24, 2.45) is 0 Å². The summed E-state index contributed by atoms with van der Waals surface area (Å²) in [5.74, 6) is 0.616. The Balaban J connectivity index is 2.18. The zero-order valence-corrected chi connectivity index (χ0v) is 12.4. The number of benzene rings is 1. The summed E-state index contributed by atoms with van der Waals surface area (Å²) in [6.45, 7) is 5.78. The van der Waals surface area contributed by atoms with Crippen molar-refractivity contribution in [3.05, 3.63) is 57.6 Å². The maximum Gasteiger partial charge on any atom is 0.254 e. The fourth-order valence-electron chi connectivity index (χ4n) is 2.43. The number of rotatable bonds is 2. The van der Waals surface area contributed by atoms with Crippen LogP contribution in [-0.4, -0.2) is 15.0 Å². The molecule has 1 N–H and O–H groups in total. The Morgan fingerprint density at radius 1 is 1.10 bits per heavy atom. The zero-order chi connectivity index (χ0) is 15.0. The number of aromatic amines is 1. The molecule has 2 aromatic heterocycles. The summed E-state index contributed by atoms with van der Waals surface area (Å²) in [4.78, 5) is 23.9. The summed E-state index contributed by atoms with van der Waals surface area (Å²) in [5, 5.41) is 1.04. The van der Waals surface area contributed by atoms with Crippen molar-refractivity contribution in [3.8, 4) is 11.4 Å². The normalized spacial score (nSPS) is 11.0. The minimum atomic E-state index is -0.0704. The summed E-state index contributed by atoms with van der Waals surface area (Å²) in [5.41, 5.74) is 4.31. The van der Waals surface area contributed by atoms with Crippen LogP contribution in [0.15, 0.2) is 35.1 Å². The second-order valence-electron chi connectivity index (χ2n) is 5.20. The minimum Gasteiger partial charge on any atom is -0.306 e. The second-order valence-corrected chi connectivity index (χ2v) is 5.20. The van der Waals surface area contributed by atoms with Gasteiger partial charge in [0, 0.05) is 22.2 Å². The lowest BCUT2D eigenvalue weighted by Crippen LogP contribution is -2.15. The molecule has 0 unspecified atom stereocenters. The minimum absolute atomic E-state index is 0.0704. The van der Waals surface area contributed by atoms with E-state index in [-0.39, 0.29) is 5.56 Å². The number of hydrogen-bond donors (Lipinski definition) is 1. The molecule has 0 atom stereocenters. The molecule has 0 aliphatic rings. The van der Waals surface area contributed by atoms with Crippen molar-refractivity contribution >= 4 is 10.9 Å². The molecule has 0 saturated heterocycles. The van der Waals surface area contributed by atoms with Crippen molar-refractivity contribution in [1.82, 2.24) is 15.0 Å². The van der Waals surface area contributed by atoms with Gasteiger partial charge in [-0.1, -0.05) is 13.0 Å². The maximum atomic E-state index is 12.0. The Labute approximate surface area is 122 Å². The van der Waals surface area contributed by atoms with Crippen molar-refractivity contribution in [3.63, 3.8) is 0 Å². The quantitative estimate of drug-likeness (QED) is 0.784. The van der Waals surface area contributed by atoms with E-state index in [9.17, 15) is 4.79 Å². The fraction of sp³-hybridized carbons (Fsp3) is 0.235. The Bertz CT molecular complexity index is 881. The molecule has 4 heteroatoms. The number of nitrogens with zero attached hydrogens (tertiary/aromatic N) is 2. The topological polar surface area (TPSA) is 58.6 Å². The highest BCUT2D eigenvalue weighted by Crippen LogP contribution is 2.21. The van der Waals surface area contributed by atoms with Crippen molar-refractivity contribution < 1.29 is 0 Å². The largest absolute Gasteiger partial charge is 0.306 e. The molecule has 0 spiro atoms. The molecule has 0 aliphatic heterocycles. The molecule has 4 nitrogen and oxygen atoms in total. The monoisotopic (exact) mass is 279 g/mol. The van der Waals surface area contributed by atoms with Crippen LogP contribution in [0.4, 0.5) is 0 Å². The highest BCUT2D eigenvalue weighted by atomic mass is 16.1. The lowest BCUT2D eigenvalue weighted by molar-refractivity contribution is 0.955. The molecule has 21 heavy (non-hydrogen) atoms. The van der Waals surface area contributed by atoms with Gasteiger partial charge in [-0.15, -0.1) is 0 Å². The van der Waals surface area contributed by atoms with Crippen LogP contribution in [0.3, 0.4) is 0 Å². The number of aryl methyl sites for hydroxylation is 2. The van der Waals surface area contributed by atoms with Gasteiger partial charge in [0.15, 0.2) is 0 Å². The Morgan fingerprint density at radius 3 is 2.67 bits per heavy atom. The van der Waals surface area contributed by atoms with E-state index in [1.807, 2.05) is 51.1 Å². The van der Waals surface area contributed by atoms with Crippen molar-refractivity contribution in [2.45, 2.75) is 27.2 Å². The van der Waals surface area contributed by atoms with Crippen LogP contribution < -0.4 is 5.56 Å². The standard InChI is InChI=1S/C17H17N3O/c1-4-14-11(3)17(21)20-16(19-14)13-7-8-15-12(9-13)6-5-10(2)18-15/h5-9H,4H2,1-3H3,(H,19,20,21). The number of H-pyrrole nitrogens is 1. The third-order valence-corrected chi connectivity index (χ3v) is 3.69. The van der Waals surface area contributed by atoms with E-state index in [4.69, 9.17) is 0 Å². The average molecular weight is 279 g/mol. The highest BCUT2D eigenvalue weighted by molar-refractivity contribution is 5.83. The molecule has 0 amide bonds. The van der Waals surface area contributed by atoms with Gasteiger partial charge >= 0.3 is 0 Å². The molecule has 0 radical (unpaired) electrons. The Morgan fingerprint density at radius 2 is 1.90 bits per heavy atom. The van der Waals surface area contributed by atoms with E-state index >= 15 is 0 Å². The first-order valence-electron chi connectivity index (χ1n) is 7.06. The van der Waals surface area contributed by atoms with E-state index in [2.05, 4.69) is 15.0 Å². The van der Waals surface area contributed by atoms with E-state index in [0.717, 1.165) is 34.3 Å². The Kier molecular flexibility index (Phi) is 3.29. The summed E-state index contributed by atoms with van der Waals surface area (Å²) >= 11 is 0. The second kappa shape index (κ2) is 5.13. The molecule has 0 aliphatic carbocycles. The lowest BCUT2D eigenvalue weighted by atomic mass is 10.1. The van der Waals surface area contributed by atoms with Gasteiger partial charge < -0.3 is 4.98 Å². The van der Waals surface area contributed by atoms with Crippen molar-refractivity contribution in [1.29, 1.82) is 0 Å². The van der Waals surface area contributed by atoms with Crippen LogP contribution in [-0.2, 0) is 6.42 Å². The fourth-order valence-corrected chi connectivity index (χ4v) is 2.43. The van der Waals surface area contributed by atoms with Crippen LogP contribution >= 0.6 is 0 Å². The van der Waals surface area contributed by atoms with Gasteiger partial charge in [-0.2, -0.15) is 0 Å². The molecule has 0 fully saturated rings. The third-order valence-electron chi connectivity index (χ3n) is 3.69. The summed E-state index contributed by atoms with van der Waals surface area (Å²) in [6.07, 6.45) is 0.747. The third kappa shape index (κ3) is 2.44. The molecule has 3 rings (SSSR count). The predicted molar refractivity (Wildman–Crippen MR) is 84.4 cm³/mol. The van der Waals surface area contributed by atoms with Gasteiger partial charge in [0.1, 0.15) is 5.82 Å². The molecule has 2 heterocycles. The van der Waals surface area contributed by atoms with Crippen LogP contribution in [0.25, 0.3) is 22.3 Å². The van der Waals surface area contributed by atoms with Crippen LogP contribution in [0.5, 0.6) is 0 Å². The number of pyridine rings is 1. The Hall–Kier alpha value is -2.49. The van der Waals surface area contributed by atoms with E-state index in [0.29, 0.717) is 11.4 Å². The number of nitrogens with one attached hydrogen (secondary N) is 1. The van der Waals surface area contributed by atoms with Crippen molar-refractivity contribution in [2.75, 3.05) is 0 Å². The molecular weight excluding hydrogens is 262 g/mol. The summed E-state index contributed by atoms with van der Waals surface area (Å²) in [6, 6.07) is 9.93. The number of hydrogen-bond acceptors (Lipinski definition) is 3. The predicted octanol–water partition coefficient (Wildman–Crippen LogP) is 3.16. The van der Waals surface area contributed by atoms with Gasteiger partial charge in [0.25, 0.3) is 5.56 Å². The zero-order valence-electron chi connectivity index (χ0n) is 12.4. The van der Waals surface area contributed by atoms with E-state index in [1.165, 1.54) is 0 Å². The molecule has 0 saturated carbocycles. The van der Waals surface area contributed by atoms with E-state index < -0.39 is 0 Å². The van der Waals surface area contributed by atoms with Gasteiger partial charge in [-0.3, -0.25) is 9.78 Å². The van der Waals surface area contributed by atoms with Gasteiger partial charge in [-0.25, -0.2) is 4.98 Å².